The second kappa shape index (κ2) is 6.43. The summed E-state index contributed by atoms with van der Waals surface area (Å²) in [7, 11) is 0. The van der Waals surface area contributed by atoms with Crippen LogP contribution in [-0.4, -0.2) is 15.7 Å². The van der Waals surface area contributed by atoms with Crippen molar-refractivity contribution in [2.45, 2.75) is 15.1 Å². The predicted molar refractivity (Wildman–Crippen MR) is 88.9 cm³/mol. The van der Waals surface area contributed by atoms with Crippen molar-refractivity contribution in [3.63, 3.8) is 0 Å². The largest absolute Gasteiger partial charge is 0.222 e. The minimum Gasteiger partial charge on any atom is -0.222 e. The van der Waals surface area contributed by atoms with Crippen LogP contribution in [-0.2, 0) is 0 Å². The smallest absolute Gasteiger partial charge is 0.189 e. The number of thiophene rings is 1. The number of aromatic nitrogens is 2. The maximum atomic E-state index is 4.68. The van der Waals surface area contributed by atoms with Crippen LogP contribution < -0.4 is 0 Å². The zero-order valence-corrected chi connectivity index (χ0v) is 13.1. The fourth-order valence-electron chi connectivity index (χ4n) is 1.68. The number of rotatable bonds is 5. The molecule has 2 aromatic heterocycles. The molecule has 0 atom stereocenters. The molecule has 2 nitrogen and oxygen atoms in total. The molecule has 0 aliphatic rings. The van der Waals surface area contributed by atoms with Gasteiger partial charge in [-0.15, -0.1) is 17.9 Å². The third kappa shape index (κ3) is 3.06. The minimum absolute atomic E-state index is 0.814. The molecule has 0 fully saturated rings. The van der Waals surface area contributed by atoms with Crippen molar-refractivity contribution in [1.29, 1.82) is 0 Å². The molecule has 0 aliphatic heterocycles. The van der Waals surface area contributed by atoms with E-state index in [9.17, 15) is 0 Å². The number of nitrogens with zero attached hydrogens (tertiary/aromatic N) is 2. The van der Waals surface area contributed by atoms with Gasteiger partial charge in [-0.2, -0.15) is 0 Å². The van der Waals surface area contributed by atoms with E-state index in [1.807, 2.05) is 24.3 Å². The van der Waals surface area contributed by atoms with E-state index in [0.717, 1.165) is 26.2 Å². The molecule has 0 amide bonds. The molecule has 0 saturated heterocycles. The first kappa shape index (κ1) is 13.7. The van der Waals surface area contributed by atoms with Crippen LogP contribution in [0.1, 0.15) is 0 Å². The number of hydrogen-bond donors (Lipinski definition) is 0. The first-order valence-electron chi connectivity index (χ1n) is 6.08. The van der Waals surface area contributed by atoms with Gasteiger partial charge in [0.25, 0.3) is 0 Å². The summed E-state index contributed by atoms with van der Waals surface area (Å²) in [6.45, 7) is 3.74. The number of benzene rings is 1. The van der Waals surface area contributed by atoms with Crippen LogP contribution in [0.25, 0.3) is 10.2 Å². The summed E-state index contributed by atoms with van der Waals surface area (Å²) < 4.78 is 1.15. The maximum Gasteiger partial charge on any atom is 0.189 e. The van der Waals surface area contributed by atoms with E-state index in [-0.39, 0.29) is 0 Å². The number of hydrogen-bond acceptors (Lipinski definition) is 5. The van der Waals surface area contributed by atoms with Crippen LogP contribution in [0.3, 0.4) is 0 Å². The van der Waals surface area contributed by atoms with Crippen molar-refractivity contribution in [3.05, 3.63) is 54.4 Å². The summed E-state index contributed by atoms with van der Waals surface area (Å²) in [6.07, 6.45) is 1.87. The summed E-state index contributed by atoms with van der Waals surface area (Å²) in [4.78, 5) is 10.5. The Hall–Kier alpha value is -1.30. The quantitative estimate of drug-likeness (QED) is 0.282. The summed E-state index contributed by atoms with van der Waals surface area (Å²) in [5, 5.41) is 3.91. The van der Waals surface area contributed by atoms with Gasteiger partial charge in [-0.1, -0.05) is 47.8 Å². The van der Waals surface area contributed by atoms with Crippen molar-refractivity contribution in [2.75, 3.05) is 5.75 Å². The van der Waals surface area contributed by atoms with E-state index in [0.29, 0.717) is 0 Å². The highest BCUT2D eigenvalue weighted by Crippen LogP contribution is 2.35. The van der Waals surface area contributed by atoms with E-state index in [1.54, 1.807) is 34.9 Å². The molecule has 0 unspecified atom stereocenters. The third-order valence-electron chi connectivity index (χ3n) is 2.54. The Bertz CT molecular complexity index is 722. The predicted octanol–water partition coefficient (Wildman–Crippen LogP) is 5.12. The van der Waals surface area contributed by atoms with Crippen LogP contribution in [0.4, 0.5) is 0 Å². The van der Waals surface area contributed by atoms with Crippen molar-refractivity contribution < 1.29 is 0 Å². The topological polar surface area (TPSA) is 25.8 Å². The SMILES string of the molecule is C=CCSc1nc(Sc2ccccc2)c2sccc2n1. The van der Waals surface area contributed by atoms with Gasteiger partial charge in [-0.05, 0) is 23.6 Å². The van der Waals surface area contributed by atoms with Gasteiger partial charge < -0.3 is 0 Å². The molecule has 100 valence electrons. The molecule has 0 radical (unpaired) electrons. The lowest BCUT2D eigenvalue weighted by molar-refractivity contribution is 0.937. The maximum absolute atomic E-state index is 4.68. The number of fused-ring (bicyclic) bond motifs is 1. The van der Waals surface area contributed by atoms with Crippen LogP contribution >= 0.6 is 34.9 Å². The van der Waals surface area contributed by atoms with E-state index in [4.69, 9.17) is 0 Å². The van der Waals surface area contributed by atoms with Crippen LogP contribution in [0.2, 0.25) is 0 Å². The van der Waals surface area contributed by atoms with Gasteiger partial charge in [0.1, 0.15) is 5.03 Å². The van der Waals surface area contributed by atoms with Gasteiger partial charge in [-0.25, -0.2) is 9.97 Å². The van der Waals surface area contributed by atoms with Crippen LogP contribution in [0, 0.1) is 0 Å². The lowest BCUT2D eigenvalue weighted by atomic mass is 10.4. The molecule has 0 saturated carbocycles. The van der Waals surface area contributed by atoms with Crippen LogP contribution in [0.15, 0.2) is 69.5 Å². The van der Waals surface area contributed by atoms with Gasteiger partial charge in [0, 0.05) is 10.6 Å². The fraction of sp³-hybridized carbons (Fsp3) is 0.0667. The summed E-state index contributed by atoms with van der Waals surface area (Å²) in [5.41, 5.74) is 1.02. The standard InChI is InChI=1S/C15H12N2S3/c1-2-9-19-15-16-12-8-10-18-13(12)14(17-15)20-11-6-4-3-5-7-11/h2-8,10H,1,9H2. The molecule has 3 aromatic rings. The Labute approximate surface area is 130 Å². The highest BCUT2D eigenvalue weighted by atomic mass is 32.2. The lowest BCUT2D eigenvalue weighted by Gasteiger charge is -2.04. The number of thioether (sulfide) groups is 1. The van der Waals surface area contributed by atoms with Gasteiger partial charge in [0.2, 0.25) is 0 Å². The Kier molecular flexibility index (Phi) is 4.40. The molecule has 1 aromatic carbocycles. The summed E-state index contributed by atoms with van der Waals surface area (Å²) >= 11 is 4.99. The first-order chi connectivity index (χ1) is 9.86. The summed E-state index contributed by atoms with van der Waals surface area (Å²) in [6, 6.07) is 12.4. The molecular formula is C15H12N2S3. The molecular weight excluding hydrogens is 304 g/mol. The highest BCUT2D eigenvalue weighted by Gasteiger charge is 2.10. The van der Waals surface area contributed by atoms with E-state index in [1.165, 1.54) is 4.90 Å². The molecule has 0 bridgehead atoms. The molecule has 5 heteroatoms. The van der Waals surface area contributed by atoms with Gasteiger partial charge in [0.05, 0.1) is 10.2 Å². The monoisotopic (exact) mass is 316 g/mol. The van der Waals surface area contributed by atoms with E-state index < -0.39 is 0 Å². The van der Waals surface area contributed by atoms with Crippen LogP contribution in [0.5, 0.6) is 0 Å². The Morgan fingerprint density at radius 1 is 1.15 bits per heavy atom. The molecule has 0 spiro atoms. The Morgan fingerprint density at radius 2 is 2.00 bits per heavy atom. The zero-order valence-electron chi connectivity index (χ0n) is 10.7. The van der Waals surface area contributed by atoms with Gasteiger partial charge in [-0.3, -0.25) is 0 Å². The minimum atomic E-state index is 0.814. The average molecular weight is 316 g/mol. The normalized spacial score (nSPS) is 10.8. The summed E-state index contributed by atoms with van der Waals surface area (Å²) in [5.74, 6) is 0.824. The third-order valence-corrected chi connectivity index (χ3v) is 5.42. The van der Waals surface area contributed by atoms with Gasteiger partial charge in [0.15, 0.2) is 5.16 Å². The average Bonchev–Trinajstić information content (AvgIpc) is 2.95. The molecule has 2 heterocycles. The Balaban J connectivity index is 1.99. The highest BCUT2D eigenvalue weighted by molar-refractivity contribution is 8.00. The second-order valence-electron chi connectivity index (χ2n) is 3.96. The van der Waals surface area contributed by atoms with Gasteiger partial charge >= 0.3 is 0 Å². The van der Waals surface area contributed by atoms with E-state index in [2.05, 4.69) is 40.1 Å². The lowest BCUT2D eigenvalue weighted by Crippen LogP contribution is -1.90. The Morgan fingerprint density at radius 3 is 2.80 bits per heavy atom. The van der Waals surface area contributed by atoms with Crippen molar-refractivity contribution >= 4 is 45.1 Å². The van der Waals surface area contributed by atoms with Crippen molar-refractivity contribution in [2.24, 2.45) is 0 Å². The second-order valence-corrected chi connectivity index (χ2v) is 6.93. The fourth-order valence-corrected chi connectivity index (χ4v) is 4.16. The molecule has 0 aliphatic carbocycles. The van der Waals surface area contributed by atoms with E-state index >= 15 is 0 Å². The zero-order chi connectivity index (χ0) is 13.8. The molecule has 3 rings (SSSR count). The first-order valence-corrected chi connectivity index (χ1v) is 8.77. The van der Waals surface area contributed by atoms with Crippen molar-refractivity contribution in [3.8, 4) is 0 Å². The molecule has 20 heavy (non-hydrogen) atoms. The van der Waals surface area contributed by atoms with Crippen molar-refractivity contribution in [1.82, 2.24) is 9.97 Å². The molecule has 0 N–H and O–H groups in total.